The van der Waals surface area contributed by atoms with Gasteiger partial charge in [-0.15, -0.1) is 0 Å². The summed E-state index contributed by atoms with van der Waals surface area (Å²) in [5.41, 5.74) is -0.398. The maximum atomic E-state index is 14.6. The van der Waals surface area contributed by atoms with E-state index in [1.165, 1.54) is 12.1 Å². The second kappa shape index (κ2) is 7.90. The second-order valence-corrected chi connectivity index (χ2v) is 7.26. The predicted octanol–water partition coefficient (Wildman–Crippen LogP) is 6.98. The molecule has 0 amide bonds. The number of benzene rings is 2. The van der Waals surface area contributed by atoms with Crippen LogP contribution in [0.3, 0.4) is 0 Å². The fraction of sp³-hybridized carbons (Fsp3) is 0.364. The molecule has 0 atom stereocenters. The van der Waals surface area contributed by atoms with Gasteiger partial charge in [0.2, 0.25) is 0 Å². The van der Waals surface area contributed by atoms with Crippen LogP contribution in [-0.2, 0) is 0 Å². The Kier molecular flexibility index (Phi) is 5.74. The molecular formula is C22H18F6. The number of rotatable bonds is 2. The van der Waals surface area contributed by atoms with Gasteiger partial charge in [-0.25, -0.2) is 13.2 Å². The topological polar surface area (TPSA) is 0 Å². The van der Waals surface area contributed by atoms with E-state index in [0.29, 0.717) is 11.5 Å². The summed E-state index contributed by atoms with van der Waals surface area (Å²) in [6.45, 7) is 2.15. The van der Waals surface area contributed by atoms with E-state index in [9.17, 15) is 26.3 Å². The first-order valence-corrected chi connectivity index (χ1v) is 9.03. The molecule has 148 valence electrons. The Bertz CT molecular complexity index is 901. The van der Waals surface area contributed by atoms with E-state index in [2.05, 4.69) is 6.92 Å². The number of alkyl halides is 3. The van der Waals surface area contributed by atoms with Crippen LogP contribution < -0.4 is 0 Å². The summed E-state index contributed by atoms with van der Waals surface area (Å²) in [6.07, 6.45) is -1.03. The molecule has 0 aromatic heterocycles. The van der Waals surface area contributed by atoms with Crippen LogP contribution in [0.4, 0.5) is 26.3 Å². The van der Waals surface area contributed by atoms with Gasteiger partial charge in [-0.1, -0.05) is 31.8 Å². The van der Waals surface area contributed by atoms with E-state index in [0.717, 1.165) is 49.8 Å². The lowest BCUT2D eigenvalue weighted by Gasteiger charge is -2.26. The third-order valence-electron chi connectivity index (χ3n) is 5.15. The summed E-state index contributed by atoms with van der Waals surface area (Å²) >= 11 is 0. The highest BCUT2D eigenvalue weighted by Gasteiger charge is 2.24. The smallest absolute Gasteiger partial charge is 0.206 e. The fourth-order valence-electron chi connectivity index (χ4n) is 3.61. The van der Waals surface area contributed by atoms with Gasteiger partial charge in [-0.05, 0) is 60.1 Å². The predicted molar refractivity (Wildman–Crippen MR) is 95.1 cm³/mol. The molecule has 1 aliphatic carbocycles. The van der Waals surface area contributed by atoms with Gasteiger partial charge in [0.05, 0.1) is 11.1 Å². The molecule has 1 aliphatic rings. The minimum atomic E-state index is -4.75. The van der Waals surface area contributed by atoms with Crippen molar-refractivity contribution in [2.75, 3.05) is 0 Å². The van der Waals surface area contributed by atoms with Crippen LogP contribution in [0, 0.1) is 35.2 Å². The average molecular weight is 396 g/mol. The van der Waals surface area contributed by atoms with Crippen molar-refractivity contribution >= 4 is 0 Å². The molecular weight excluding hydrogens is 378 g/mol. The molecule has 2 aromatic carbocycles. The van der Waals surface area contributed by atoms with E-state index in [-0.39, 0.29) is 11.5 Å². The van der Waals surface area contributed by atoms with Crippen LogP contribution in [0.15, 0.2) is 30.3 Å². The zero-order valence-corrected chi connectivity index (χ0v) is 15.1. The minimum absolute atomic E-state index is 0.0889. The van der Waals surface area contributed by atoms with Crippen molar-refractivity contribution in [2.45, 2.75) is 44.7 Å². The summed E-state index contributed by atoms with van der Waals surface area (Å²) in [6, 6.07) is 5.48. The van der Waals surface area contributed by atoms with Gasteiger partial charge in [-0.2, -0.15) is 13.2 Å². The second-order valence-electron chi connectivity index (χ2n) is 7.26. The molecule has 0 heterocycles. The van der Waals surface area contributed by atoms with Crippen LogP contribution in [-0.4, -0.2) is 6.18 Å². The van der Waals surface area contributed by atoms with Gasteiger partial charge in [-0.3, -0.25) is 0 Å². The third-order valence-corrected chi connectivity index (χ3v) is 5.15. The van der Waals surface area contributed by atoms with E-state index >= 15 is 0 Å². The zero-order chi connectivity index (χ0) is 20.5. The molecule has 3 rings (SSSR count). The van der Waals surface area contributed by atoms with Gasteiger partial charge in [0.15, 0.2) is 0 Å². The van der Waals surface area contributed by atoms with Crippen molar-refractivity contribution in [1.29, 1.82) is 0 Å². The molecule has 2 aromatic rings. The van der Waals surface area contributed by atoms with Gasteiger partial charge >= 0.3 is 6.18 Å². The van der Waals surface area contributed by atoms with Crippen LogP contribution in [0.1, 0.15) is 49.7 Å². The number of hydrogen-bond acceptors (Lipinski definition) is 0. The Labute approximate surface area is 159 Å². The lowest BCUT2D eigenvalue weighted by molar-refractivity contribution is -0.0696. The van der Waals surface area contributed by atoms with Crippen molar-refractivity contribution in [1.82, 2.24) is 0 Å². The summed E-state index contributed by atoms with van der Waals surface area (Å²) in [4.78, 5) is 0. The Hall–Kier alpha value is -2.42. The van der Waals surface area contributed by atoms with Crippen molar-refractivity contribution in [3.05, 3.63) is 58.9 Å². The summed E-state index contributed by atoms with van der Waals surface area (Å²) in [5.74, 6) is 0.636. The van der Waals surface area contributed by atoms with E-state index in [1.54, 1.807) is 5.92 Å². The van der Waals surface area contributed by atoms with Gasteiger partial charge < -0.3 is 0 Å². The molecule has 1 fully saturated rings. The highest BCUT2D eigenvalue weighted by molar-refractivity contribution is 5.66. The molecule has 0 unspecified atom stereocenters. The molecule has 0 spiro atoms. The molecule has 0 bridgehead atoms. The molecule has 0 aliphatic heterocycles. The van der Waals surface area contributed by atoms with Crippen LogP contribution in [0.5, 0.6) is 0 Å². The molecule has 0 radical (unpaired) electrons. The first kappa shape index (κ1) is 20.3. The fourth-order valence-corrected chi connectivity index (χ4v) is 3.61. The molecule has 6 heteroatoms. The Balaban J connectivity index is 1.91. The van der Waals surface area contributed by atoms with Crippen molar-refractivity contribution in [2.24, 2.45) is 5.92 Å². The molecule has 0 N–H and O–H groups in total. The van der Waals surface area contributed by atoms with E-state index < -0.39 is 34.8 Å². The Morgan fingerprint density at radius 2 is 1.46 bits per heavy atom. The Morgan fingerprint density at radius 3 is 2.00 bits per heavy atom. The summed E-state index contributed by atoms with van der Waals surface area (Å²) in [5, 5.41) is 0. The SMILES string of the molecule is CC1CCC(c2cc(F)c(-c3ccc(C#CC(F)(F)F)c(F)c3)c(F)c2)CC1. The van der Waals surface area contributed by atoms with Gasteiger partial charge in [0.25, 0.3) is 0 Å². The standard InChI is InChI=1S/C22H18F6/c1-13-2-4-14(5-3-13)17-11-19(24)21(20(25)12-17)16-7-6-15(18(23)10-16)8-9-22(26,27)28/h6-7,10-14H,2-5H2,1H3. The van der Waals surface area contributed by atoms with Gasteiger partial charge in [0.1, 0.15) is 17.5 Å². The molecule has 0 nitrogen and oxygen atoms in total. The number of hydrogen-bond donors (Lipinski definition) is 0. The highest BCUT2D eigenvalue weighted by Crippen LogP contribution is 2.38. The molecule has 0 saturated heterocycles. The molecule has 1 saturated carbocycles. The average Bonchev–Trinajstić information content (AvgIpc) is 2.60. The summed E-state index contributed by atoms with van der Waals surface area (Å²) in [7, 11) is 0. The lowest BCUT2D eigenvalue weighted by atomic mass is 9.79. The van der Waals surface area contributed by atoms with Crippen LogP contribution >= 0.6 is 0 Å². The van der Waals surface area contributed by atoms with Crippen molar-refractivity contribution in [3.63, 3.8) is 0 Å². The normalized spacial score (nSPS) is 19.8. The maximum Gasteiger partial charge on any atom is 0.458 e. The van der Waals surface area contributed by atoms with Crippen molar-refractivity contribution < 1.29 is 26.3 Å². The number of halogens is 6. The monoisotopic (exact) mass is 396 g/mol. The van der Waals surface area contributed by atoms with E-state index in [1.807, 2.05) is 0 Å². The first-order valence-electron chi connectivity index (χ1n) is 9.03. The lowest BCUT2D eigenvalue weighted by Crippen LogP contribution is -2.11. The molecule has 28 heavy (non-hydrogen) atoms. The highest BCUT2D eigenvalue weighted by atomic mass is 19.4. The van der Waals surface area contributed by atoms with Crippen molar-refractivity contribution in [3.8, 4) is 23.0 Å². The largest absolute Gasteiger partial charge is 0.458 e. The van der Waals surface area contributed by atoms with Crippen LogP contribution in [0.25, 0.3) is 11.1 Å². The zero-order valence-electron chi connectivity index (χ0n) is 15.1. The summed E-state index contributed by atoms with van der Waals surface area (Å²) < 4.78 is 79.7. The quantitative estimate of drug-likeness (QED) is 0.380. The Morgan fingerprint density at radius 1 is 0.857 bits per heavy atom. The first-order chi connectivity index (χ1) is 13.1. The third kappa shape index (κ3) is 4.70. The van der Waals surface area contributed by atoms with Crippen LogP contribution in [0.2, 0.25) is 0 Å². The minimum Gasteiger partial charge on any atom is -0.206 e. The maximum absolute atomic E-state index is 14.6. The van der Waals surface area contributed by atoms with E-state index in [4.69, 9.17) is 0 Å². The van der Waals surface area contributed by atoms with Gasteiger partial charge in [0, 0.05) is 5.92 Å².